The summed E-state index contributed by atoms with van der Waals surface area (Å²) in [4.78, 5) is 8.33. The Morgan fingerprint density at radius 3 is 2.70 bits per heavy atom. The van der Waals surface area contributed by atoms with E-state index >= 15 is 0 Å². The third-order valence-electron chi connectivity index (χ3n) is 6.63. The molecule has 0 aliphatic carbocycles. The van der Waals surface area contributed by atoms with Gasteiger partial charge in [-0.3, -0.25) is 0 Å². The van der Waals surface area contributed by atoms with Gasteiger partial charge in [0.15, 0.2) is 5.82 Å². The Hall–Kier alpha value is -4.00. The molecule has 0 amide bonds. The second-order valence-electron chi connectivity index (χ2n) is 9.32. The van der Waals surface area contributed by atoms with Crippen LogP contribution in [0.2, 0.25) is 0 Å². The number of aliphatic hydroxyl groups excluding tert-OH is 1. The standard InChI is InChI=1S/C31H35N5O/c1-5-22-10-7-8-12-26(22)25(6-2)23-15-14-21(4)27(16-23)30(36-32)31-34-28-13-9-11-24(29(28)35-31)18-33-17-20(3)19-37/h5-16,20,33,37H,1,17-19,32H2,2-4H3,(H,34,35)/b25-6-,36-30+. The second-order valence-corrected chi connectivity index (χ2v) is 9.32. The van der Waals surface area contributed by atoms with Crippen LogP contribution in [0.25, 0.3) is 22.7 Å². The number of aromatic amines is 1. The first-order chi connectivity index (χ1) is 18.0. The van der Waals surface area contributed by atoms with Gasteiger partial charge in [-0.05, 0) is 65.3 Å². The third kappa shape index (κ3) is 5.56. The molecule has 0 aliphatic rings. The zero-order valence-corrected chi connectivity index (χ0v) is 21.8. The van der Waals surface area contributed by atoms with Crippen molar-refractivity contribution in [2.45, 2.75) is 27.3 Å². The van der Waals surface area contributed by atoms with Crippen molar-refractivity contribution in [3.8, 4) is 0 Å². The Labute approximate surface area is 218 Å². The molecule has 0 saturated heterocycles. The Kier molecular flexibility index (Phi) is 8.33. The molecule has 1 unspecified atom stereocenters. The third-order valence-corrected chi connectivity index (χ3v) is 6.63. The van der Waals surface area contributed by atoms with Crippen molar-refractivity contribution in [2.75, 3.05) is 13.2 Å². The highest BCUT2D eigenvalue weighted by atomic mass is 16.3. The largest absolute Gasteiger partial charge is 0.396 e. The lowest BCUT2D eigenvalue weighted by Gasteiger charge is -2.14. The highest BCUT2D eigenvalue weighted by Gasteiger charge is 2.18. The fraction of sp³-hybridized carbons (Fsp3) is 0.226. The number of para-hydroxylation sites is 1. The van der Waals surface area contributed by atoms with Crippen LogP contribution in [0.15, 0.2) is 78.4 Å². The van der Waals surface area contributed by atoms with Crippen LogP contribution in [0.4, 0.5) is 0 Å². The number of rotatable bonds is 10. The van der Waals surface area contributed by atoms with Gasteiger partial charge in [-0.1, -0.05) is 74.2 Å². The smallest absolute Gasteiger partial charge is 0.159 e. The first kappa shape index (κ1) is 26.1. The van der Waals surface area contributed by atoms with Crippen LogP contribution in [0, 0.1) is 12.8 Å². The number of hydrogen-bond donors (Lipinski definition) is 4. The molecule has 190 valence electrons. The van der Waals surface area contributed by atoms with Crippen molar-refractivity contribution in [3.63, 3.8) is 0 Å². The molecule has 0 aliphatic heterocycles. The molecule has 0 bridgehead atoms. The summed E-state index contributed by atoms with van der Waals surface area (Å²) < 4.78 is 0. The predicted molar refractivity (Wildman–Crippen MR) is 154 cm³/mol. The minimum absolute atomic E-state index is 0.159. The van der Waals surface area contributed by atoms with Crippen LogP contribution in [-0.4, -0.2) is 33.9 Å². The summed E-state index contributed by atoms with van der Waals surface area (Å²) in [5.74, 6) is 6.80. The molecule has 6 nitrogen and oxygen atoms in total. The molecule has 0 saturated carbocycles. The van der Waals surface area contributed by atoms with Gasteiger partial charge in [-0.25, -0.2) is 4.98 Å². The van der Waals surface area contributed by atoms with Gasteiger partial charge >= 0.3 is 0 Å². The van der Waals surface area contributed by atoms with Crippen molar-refractivity contribution < 1.29 is 5.11 Å². The summed E-state index contributed by atoms with van der Waals surface area (Å²) in [5, 5.41) is 16.9. The summed E-state index contributed by atoms with van der Waals surface area (Å²) in [7, 11) is 0. The summed E-state index contributed by atoms with van der Waals surface area (Å²) in [5.41, 5.74) is 9.85. The molecule has 1 atom stereocenters. The molecule has 0 fully saturated rings. The van der Waals surface area contributed by atoms with Crippen LogP contribution in [0.3, 0.4) is 0 Å². The van der Waals surface area contributed by atoms with E-state index in [0.717, 1.165) is 56.5 Å². The zero-order valence-electron chi connectivity index (χ0n) is 21.8. The maximum atomic E-state index is 9.30. The van der Waals surface area contributed by atoms with E-state index in [9.17, 15) is 5.11 Å². The number of aliphatic hydroxyl groups is 1. The lowest BCUT2D eigenvalue weighted by molar-refractivity contribution is 0.233. The highest BCUT2D eigenvalue weighted by molar-refractivity contribution is 6.13. The quantitative estimate of drug-likeness (QED) is 0.135. The van der Waals surface area contributed by atoms with Gasteiger partial charge in [0.25, 0.3) is 0 Å². The average molecular weight is 494 g/mol. The molecule has 1 heterocycles. The zero-order chi connectivity index (χ0) is 26.4. The first-order valence-corrected chi connectivity index (χ1v) is 12.6. The van der Waals surface area contributed by atoms with E-state index in [-0.39, 0.29) is 12.5 Å². The van der Waals surface area contributed by atoms with Crippen molar-refractivity contribution in [2.24, 2.45) is 16.9 Å². The maximum Gasteiger partial charge on any atom is 0.159 e. The van der Waals surface area contributed by atoms with Gasteiger partial charge < -0.3 is 21.2 Å². The van der Waals surface area contributed by atoms with Crippen LogP contribution < -0.4 is 11.2 Å². The van der Waals surface area contributed by atoms with Crippen molar-refractivity contribution in [1.29, 1.82) is 0 Å². The molecule has 1 aromatic heterocycles. The number of fused-ring (bicyclic) bond motifs is 1. The van der Waals surface area contributed by atoms with E-state index in [1.54, 1.807) is 0 Å². The maximum absolute atomic E-state index is 9.30. The number of nitrogens with zero attached hydrogens (tertiary/aromatic N) is 2. The number of hydrazone groups is 1. The predicted octanol–water partition coefficient (Wildman–Crippen LogP) is 5.40. The fourth-order valence-electron chi connectivity index (χ4n) is 4.56. The van der Waals surface area contributed by atoms with E-state index in [1.807, 2.05) is 44.2 Å². The fourth-order valence-corrected chi connectivity index (χ4v) is 4.56. The average Bonchev–Trinajstić information content (AvgIpc) is 3.36. The van der Waals surface area contributed by atoms with E-state index in [4.69, 9.17) is 10.8 Å². The van der Waals surface area contributed by atoms with Gasteiger partial charge in [0, 0.05) is 25.3 Å². The SMILES string of the molecule is C=Cc1ccccc1/C(=C\C)c1ccc(C)c(/C(=N\N)c2nc3c(CNCC(C)CO)cccc3[nH]2)c1. The molecule has 3 aromatic carbocycles. The molecular weight excluding hydrogens is 458 g/mol. The van der Waals surface area contributed by atoms with Crippen LogP contribution in [-0.2, 0) is 6.54 Å². The Morgan fingerprint density at radius 2 is 1.97 bits per heavy atom. The van der Waals surface area contributed by atoms with Gasteiger partial charge in [0.2, 0.25) is 0 Å². The van der Waals surface area contributed by atoms with Crippen molar-refractivity contribution >= 4 is 28.4 Å². The molecule has 4 aromatic rings. The number of allylic oxidation sites excluding steroid dienone is 1. The molecule has 6 heteroatoms. The van der Waals surface area contributed by atoms with E-state index in [1.165, 1.54) is 0 Å². The van der Waals surface area contributed by atoms with Gasteiger partial charge in [0.1, 0.15) is 5.71 Å². The topological polar surface area (TPSA) is 99.3 Å². The minimum Gasteiger partial charge on any atom is -0.396 e. The Morgan fingerprint density at radius 1 is 1.16 bits per heavy atom. The summed E-state index contributed by atoms with van der Waals surface area (Å²) >= 11 is 0. The second kappa shape index (κ2) is 11.8. The number of aryl methyl sites for hydroxylation is 1. The molecule has 37 heavy (non-hydrogen) atoms. The summed E-state index contributed by atoms with van der Waals surface area (Å²) in [6.45, 7) is 11.6. The Bertz CT molecular complexity index is 1460. The molecule has 0 radical (unpaired) electrons. The van der Waals surface area contributed by atoms with Crippen LogP contribution >= 0.6 is 0 Å². The molecular formula is C31H35N5O. The Balaban J connectivity index is 1.72. The van der Waals surface area contributed by atoms with Gasteiger partial charge in [0.05, 0.1) is 11.0 Å². The van der Waals surface area contributed by atoms with E-state index < -0.39 is 0 Å². The minimum atomic E-state index is 0.159. The normalized spacial score (nSPS) is 13.2. The molecule has 4 rings (SSSR count). The van der Waals surface area contributed by atoms with Crippen LogP contribution in [0.5, 0.6) is 0 Å². The van der Waals surface area contributed by atoms with E-state index in [0.29, 0.717) is 18.1 Å². The lowest BCUT2D eigenvalue weighted by Crippen LogP contribution is -2.22. The highest BCUT2D eigenvalue weighted by Crippen LogP contribution is 2.29. The van der Waals surface area contributed by atoms with E-state index in [2.05, 4.69) is 71.4 Å². The first-order valence-electron chi connectivity index (χ1n) is 12.6. The lowest BCUT2D eigenvalue weighted by atomic mass is 9.90. The monoisotopic (exact) mass is 493 g/mol. The number of hydrogen-bond acceptors (Lipinski definition) is 5. The van der Waals surface area contributed by atoms with Crippen molar-refractivity contribution in [3.05, 3.63) is 113 Å². The number of benzene rings is 3. The summed E-state index contributed by atoms with van der Waals surface area (Å²) in [6.07, 6.45) is 4.00. The number of nitrogens with one attached hydrogen (secondary N) is 2. The molecule has 5 N–H and O–H groups in total. The number of nitrogens with two attached hydrogens (primary N) is 1. The van der Waals surface area contributed by atoms with Gasteiger partial charge in [-0.15, -0.1) is 0 Å². The number of H-pyrrole nitrogens is 1. The number of aromatic nitrogens is 2. The number of imidazole rings is 1. The molecule has 0 spiro atoms. The van der Waals surface area contributed by atoms with Gasteiger partial charge in [-0.2, -0.15) is 5.10 Å². The summed E-state index contributed by atoms with van der Waals surface area (Å²) in [6, 6.07) is 20.7. The van der Waals surface area contributed by atoms with Crippen LogP contribution in [0.1, 0.15) is 53.1 Å². The van der Waals surface area contributed by atoms with Crippen molar-refractivity contribution in [1.82, 2.24) is 15.3 Å².